The van der Waals surface area contributed by atoms with Crippen molar-refractivity contribution in [3.05, 3.63) is 35.0 Å². The Balaban J connectivity index is 1.95. The smallest absolute Gasteiger partial charge is 0.258 e. The minimum absolute atomic E-state index is 0.00786. The molecule has 7 nitrogen and oxygen atoms in total. The minimum Gasteiger partial charge on any atom is -0.365 e. The monoisotopic (exact) mass is 371 g/mol. The molecule has 0 spiro atoms. The molecule has 0 aromatic carbocycles. The molecule has 3 aromatic rings. The van der Waals surface area contributed by atoms with Gasteiger partial charge in [-0.25, -0.2) is 9.97 Å². The van der Waals surface area contributed by atoms with Gasteiger partial charge in [-0.2, -0.15) is 0 Å². The van der Waals surface area contributed by atoms with Crippen molar-refractivity contribution in [1.82, 2.24) is 20.3 Å². The highest BCUT2D eigenvalue weighted by Gasteiger charge is 2.24. The maximum atomic E-state index is 12.7. The van der Waals surface area contributed by atoms with E-state index in [-0.39, 0.29) is 17.4 Å². The van der Waals surface area contributed by atoms with Gasteiger partial charge in [0.15, 0.2) is 5.65 Å². The largest absolute Gasteiger partial charge is 0.365 e. The quantitative estimate of drug-likeness (QED) is 0.654. The van der Waals surface area contributed by atoms with E-state index < -0.39 is 5.91 Å². The number of hydrogen-bond acceptors (Lipinski definition) is 5. The van der Waals surface area contributed by atoms with Crippen molar-refractivity contribution in [3.63, 3.8) is 0 Å². The molecule has 8 heteroatoms. The van der Waals surface area contributed by atoms with E-state index in [0.29, 0.717) is 27.3 Å². The number of nitrogens with zero attached hydrogens (tertiary/aromatic N) is 2. The topological polar surface area (TPSA) is 114 Å². The van der Waals surface area contributed by atoms with E-state index in [0.717, 1.165) is 4.88 Å². The second-order valence-corrected chi connectivity index (χ2v) is 8.33. The zero-order chi connectivity index (χ0) is 19.1. The standard InChI is InChI=1S/C18H21N5O2S/c1-9(18(2,3)4)22-17(25)10-7-20-16-14(10)23-11(8-21-16)12-5-6-13(26-12)15(19)24/h5-9H,1-4H3,(H2,19,24)(H,20,21)(H,22,25)/t9-/m0/s1. The number of fused-ring (bicyclic) bond motifs is 1. The normalized spacial score (nSPS) is 12.9. The number of nitrogens with one attached hydrogen (secondary N) is 2. The Bertz CT molecular complexity index is 983. The third-order valence-corrected chi connectivity index (χ3v) is 5.50. The van der Waals surface area contributed by atoms with E-state index in [2.05, 4.69) is 41.0 Å². The molecule has 0 unspecified atom stereocenters. The van der Waals surface area contributed by atoms with Crippen molar-refractivity contribution in [3.8, 4) is 10.6 Å². The van der Waals surface area contributed by atoms with Gasteiger partial charge in [0.05, 0.1) is 27.2 Å². The van der Waals surface area contributed by atoms with Gasteiger partial charge in [0.2, 0.25) is 0 Å². The lowest BCUT2D eigenvalue weighted by atomic mass is 9.88. The molecule has 0 saturated carbocycles. The highest BCUT2D eigenvalue weighted by Crippen LogP contribution is 2.28. The Labute approximate surface area is 155 Å². The molecule has 3 aromatic heterocycles. The number of rotatable bonds is 4. The molecule has 0 aliphatic carbocycles. The van der Waals surface area contributed by atoms with Crippen molar-refractivity contribution >= 4 is 34.3 Å². The Morgan fingerprint density at radius 1 is 1.31 bits per heavy atom. The van der Waals surface area contributed by atoms with Crippen LogP contribution in [-0.2, 0) is 0 Å². The number of carbonyl (C=O) groups excluding carboxylic acids is 2. The summed E-state index contributed by atoms with van der Waals surface area (Å²) in [6.07, 6.45) is 3.22. The van der Waals surface area contributed by atoms with Crippen molar-refractivity contribution in [2.45, 2.75) is 33.7 Å². The summed E-state index contributed by atoms with van der Waals surface area (Å²) >= 11 is 1.25. The molecule has 4 N–H and O–H groups in total. The van der Waals surface area contributed by atoms with Gasteiger partial charge in [0.1, 0.15) is 5.52 Å². The first-order valence-corrected chi connectivity index (χ1v) is 9.03. The van der Waals surface area contributed by atoms with Crippen LogP contribution < -0.4 is 11.1 Å². The number of amides is 2. The Morgan fingerprint density at radius 3 is 2.65 bits per heavy atom. The van der Waals surface area contributed by atoms with Crippen LogP contribution in [0.3, 0.4) is 0 Å². The predicted octanol–water partition coefficient (Wildman–Crippen LogP) is 2.95. The fourth-order valence-corrected chi connectivity index (χ4v) is 3.09. The highest BCUT2D eigenvalue weighted by atomic mass is 32.1. The second kappa shape index (κ2) is 6.53. The summed E-state index contributed by atoms with van der Waals surface area (Å²) < 4.78 is 0. The van der Waals surface area contributed by atoms with Crippen LogP contribution in [0.1, 0.15) is 47.7 Å². The molecular formula is C18H21N5O2S. The van der Waals surface area contributed by atoms with Crippen molar-refractivity contribution in [1.29, 1.82) is 0 Å². The Hall–Kier alpha value is -2.74. The first-order valence-electron chi connectivity index (χ1n) is 8.22. The lowest BCUT2D eigenvalue weighted by molar-refractivity contribution is 0.0911. The van der Waals surface area contributed by atoms with Gasteiger partial charge in [-0.3, -0.25) is 9.59 Å². The fraction of sp³-hybridized carbons (Fsp3) is 0.333. The first kappa shape index (κ1) is 18.1. The Kier molecular flexibility index (Phi) is 4.53. The van der Waals surface area contributed by atoms with Gasteiger partial charge in [-0.1, -0.05) is 20.8 Å². The molecule has 26 heavy (non-hydrogen) atoms. The van der Waals surface area contributed by atoms with Crippen LogP contribution in [-0.4, -0.2) is 32.8 Å². The third-order valence-electron chi connectivity index (χ3n) is 4.37. The zero-order valence-electron chi connectivity index (χ0n) is 15.1. The summed E-state index contributed by atoms with van der Waals surface area (Å²) in [5, 5.41) is 3.01. The van der Waals surface area contributed by atoms with Gasteiger partial charge in [0.25, 0.3) is 11.8 Å². The van der Waals surface area contributed by atoms with Crippen LogP contribution >= 0.6 is 11.3 Å². The molecule has 3 rings (SSSR count). The number of nitrogens with two attached hydrogens (primary N) is 1. The van der Waals surface area contributed by atoms with Crippen LogP contribution in [0.25, 0.3) is 21.7 Å². The molecule has 0 bridgehead atoms. The maximum Gasteiger partial charge on any atom is 0.258 e. The average molecular weight is 371 g/mol. The van der Waals surface area contributed by atoms with Gasteiger partial charge >= 0.3 is 0 Å². The maximum absolute atomic E-state index is 12.7. The molecule has 1 atom stereocenters. The summed E-state index contributed by atoms with van der Waals surface area (Å²) in [5.74, 6) is -0.678. The number of aromatic amines is 1. The minimum atomic E-state index is -0.479. The van der Waals surface area contributed by atoms with Crippen LogP contribution in [0.5, 0.6) is 0 Å². The second-order valence-electron chi connectivity index (χ2n) is 7.24. The van der Waals surface area contributed by atoms with Gasteiger partial charge < -0.3 is 16.0 Å². The van der Waals surface area contributed by atoms with Crippen molar-refractivity contribution in [2.24, 2.45) is 11.1 Å². The molecule has 3 heterocycles. The van der Waals surface area contributed by atoms with E-state index in [4.69, 9.17) is 5.73 Å². The SMILES string of the molecule is C[C@H](NC(=O)c1c[nH]c2ncc(-c3ccc(C(N)=O)s3)nc12)C(C)(C)C. The van der Waals surface area contributed by atoms with Gasteiger partial charge in [-0.15, -0.1) is 11.3 Å². The molecule has 0 fully saturated rings. The van der Waals surface area contributed by atoms with Gasteiger partial charge in [0, 0.05) is 12.2 Å². The summed E-state index contributed by atoms with van der Waals surface area (Å²) in [6, 6.07) is 3.42. The van der Waals surface area contributed by atoms with E-state index >= 15 is 0 Å². The first-order chi connectivity index (χ1) is 12.2. The lowest BCUT2D eigenvalue weighted by Crippen LogP contribution is -2.41. The van der Waals surface area contributed by atoms with E-state index in [1.807, 2.05) is 6.92 Å². The Morgan fingerprint density at radius 2 is 2.04 bits per heavy atom. The molecule has 0 saturated heterocycles. The van der Waals surface area contributed by atoms with Crippen molar-refractivity contribution in [2.75, 3.05) is 0 Å². The molecular weight excluding hydrogens is 350 g/mol. The molecule has 0 radical (unpaired) electrons. The summed E-state index contributed by atoms with van der Waals surface area (Å²) in [7, 11) is 0. The van der Waals surface area contributed by atoms with Crippen LogP contribution in [0.15, 0.2) is 24.5 Å². The zero-order valence-corrected chi connectivity index (χ0v) is 15.9. The number of hydrogen-bond donors (Lipinski definition) is 3. The predicted molar refractivity (Wildman–Crippen MR) is 102 cm³/mol. The molecule has 0 aliphatic heterocycles. The van der Waals surface area contributed by atoms with Gasteiger partial charge in [-0.05, 0) is 24.5 Å². The number of thiophene rings is 1. The van der Waals surface area contributed by atoms with Crippen LogP contribution in [0.2, 0.25) is 0 Å². The van der Waals surface area contributed by atoms with E-state index in [9.17, 15) is 9.59 Å². The number of H-pyrrole nitrogens is 1. The summed E-state index contributed by atoms with van der Waals surface area (Å²) in [4.78, 5) is 37.0. The molecule has 136 valence electrons. The highest BCUT2D eigenvalue weighted by molar-refractivity contribution is 7.17. The van der Waals surface area contributed by atoms with Crippen LogP contribution in [0, 0.1) is 5.41 Å². The molecule has 0 aliphatic rings. The summed E-state index contributed by atoms with van der Waals surface area (Å²) in [6.45, 7) is 8.18. The number of primary amides is 1. The number of carbonyl (C=O) groups is 2. The lowest BCUT2D eigenvalue weighted by Gasteiger charge is -2.27. The summed E-state index contributed by atoms with van der Waals surface area (Å²) in [5.41, 5.74) is 7.31. The van der Waals surface area contributed by atoms with Crippen molar-refractivity contribution < 1.29 is 9.59 Å². The molecule has 2 amide bonds. The third kappa shape index (κ3) is 3.45. The average Bonchev–Trinajstić information content (AvgIpc) is 3.20. The number of aromatic nitrogens is 3. The van der Waals surface area contributed by atoms with Crippen LogP contribution in [0.4, 0.5) is 0 Å². The van der Waals surface area contributed by atoms with E-state index in [1.54, 1.807) is 24.5 Å². The fourth-order valence-electron chi connectivity index (χ4n) is 2.28. The van der Waals surface area contributed by atoms with E-state index in [1.165, 1.54) is 11.3 Å².